The molecule has 0 bridgehead atoms. The molecule has 0 heterocycles. The van der Waals surface area contributed by atoms with Crippen LogP contribution in [0.1, 0.15) is 163 Å². The number of carbonyl (C=O) groups is 9. The Bertz CT molecular complexity index is 2600. The maximum Gasteiger partial charge on any atom is 0.160 e. The number of Topliss-reactive ketones (excluding diaryl/α,β-unsaturated/α-hetero) is 8. The van der Waals surface area contributed by atoms with Crippen molar-refractivity contribution in [2.45, 2.75) is 108 Å². The summed E-state index contributed by atoms with van der Waals surface area (Å²) in [6, 6.07) is 32.3. The molecule has 5 aromatic rings. The number of benzene rings is 5. The van der Waals surface area contributed by atoms with E-state index in [1.807, 2.05) is 73.7 Å². The van der Waals surface area contributed by atoms with Gasteiger partial charge in [-0.2, -0.15) is 0 Å². The lowest BCUT2D eigenvalue weighted by atomic mass is 9.79. The molecule has 76 heavy (non-hydrogen) atoms. The molecule has 0 aromatic heterocycles. The van der Waals surface area contributed by atoms with E-state index in [1.165, 1.54) is 70.9 Å². The Balaban J connectivity index is 0.000000457. The molecule has 0 unspecified atom stereocenters. The molecule has 0 spiro atoms. The van der Waals surface area contributed by atoms with Crippen molar-refractivity contribution in [3.8, 4) is 23.0 Å². The Morgan fingerprint density at radius 1 is 0.434 bits per heavy atom. The van der Waals surface area contributed by atoms with Crippen LogP contribution >= 0.6 is 0 Å². The Hall–Kier alpha value is -7.93. The summed E-state index contributed by atoms with van der Waals surface area (Å²) in [7, 11) is 6.54. The maximum atomic E-state index is 11.2. The van der Waals surface area contributed by atoms with Gasteiger partial charge in [-0.25, -0.2) is 0 Å². The van der Waals surface area contributed by atoms with Crippen molar-refractivity contribution in [1.82, 2.24) is 0 Å². The molecular weight excluding hydrogens is 965 g/mol. The van der Waals surface area contributed by atoms with E-state index in [0.717, 1.165) is 60.7 Å². The van der Waals surface area contributed by atoms with Crippen LogP contribution in [0.2, 0.25) is 0 Å². The van der Waals surface area contributed by atoms with Crippen molar-refractivity contribution in [2.75, 3.05) is 28.4 Å². The number of methoxy groups -OCH3 is 4. The molecule has 1 aliphatic carbocycles. The van der Waals surface area contributed by atoms with Crippen LogP contribution < -0.4 is 18.9 Å². The van der Waals surface area contributed by atoms with Gasteiger partial charge in [0, 0.05) is 46.1 Å². The summed E-state index contributed by atoms with van der Waals surface area (Å²) in [6.07, 6.45) is 8.42. The average Bonchev–Trinajstić information content (AvgIpc) is 3.40. The van der Waals surface area contributed by atoms with E-state index in [2.05, 4.69) is 0 Å². The molecule has 0 radical (unpaired) electrons. The second-order valence-electron chi connectivity index (χ2n) is 18.1. The van der Waals surface area contributed by atoms with E-state index < -0.39 is 0 Å². The zero-order chi connectivity index (χ0) is 57.5. The van der Waals surface area contributed by atoms with Crippen molar-refractivity contribution in [1.29, 1.82) is 0 Å². The number of hydrogen-bond donors (Lipinski definition) is 0. The van der Waals surface area contributed by atoms with Crippen molar-refractivity contribution in [3.05, 3.63) is 160 Å². The van der Waals surface area contributed by atoms with Crippen molar-refractivity contribution in [2.24, 2.45) is 11.8 Å². The van der Waals surface area contributed by atoms with Gasteiger partial charge in [0.05, 0.1) is 28.4 Å². The molecule has 0 atom stereocenters. The fraction of sp³-hybridized carbons (Fsp3) is 0.349. The lowest BCUT2D eigenvalue weighted by molar-refractivity contribution is -0.126. The number of hydrogen-bond acceptors (Lipinski definition) is 13. The van der Waals surface area contributed by atoms with E-state index in [9.17, 15) is 43.2 Å². The minimum absolute atomic E-state index is 0.0186. The first-order valence-electron chi connectivity index (χ1n) is 24.8. The first kappa shape index (κ1) is 66.1. The van der Waals surface area contributed by atoms with E-state index >= 15 is 0 Å². The van der Waals surface area contributed by atoms with Crippen molar-refractivity contribution < 1.29 is 62.1 Å². The minimum Gasteiger partial charge on any atom is -0.497 e. The van der Waals surface area contributed by atoms with Gasteiger partial charge in [-0.15, -0.1) is 0 Å². The topological polar surface area (TPSA) is 191 Å². The summed E-state index contributed by atoms with van der Waals surface area (Å²) in [5, 5.41) is 0. The molecule has 13 nitrogen and oxygen atoms in total. The standard InChI is InChI=1S/C12H12O3.C11H14O2.C11H12O2.C10H16O2.C10H10O2.C9H12O2/c1-7(13)10-4-11(8(2)14)6-12(5-10)9(3)15;2*1-9(12)3-4-10-5-7-11(13-2)8-6-10;2*1-7(11)9-3-5-10(6-4-9)8(2)12;1-7-4-5-8(10-2)9(6-7)11-3/h4-6H,1-3H3;5-8H,3-4H2,1-2H3;3-8H,1-2H3;9-10H,3-6H2,1-2H3;3-6H,1-2H3;4-6H,1-3H3. The van der Waals surface area contributed by atoms with Gasteiger partial charge in [0.15, 0.2) is 46.2 Å². The molecule has 1 fully saturated rings. The van der Waals surface area contributed by atoms with Gasteiger partial charge in [0.2, 0.25) is 0 Å². The molecule has 6 rings (SSSR count). The van der Waals surface area contributed by atoms with Gasteiger partial charge in [0.1, 0.15) is 28.8 Å². The molecule has 0 N–H and O–H groups in total. The van der Waals surface area contributed by atoms with Gasteiger partial charge < -0.3 is 23.7 Å². The second-order valence-corrected chi connectivity index (χ2v) is 18.1. The number of ether oxygens (including phenoxy) is 4. The Labute approximate surface area is 449 Å². The highest BCUT2D eigenvalue weighted by Gasteiger charge is 2.26. The van der Waals surface area contributed by atoms with Crippen molar-refractivity contribution >= 4 is 58.1 Å². The minimum atomic E-state index is -0.152. The van der Waals surface area contributed by atoms with Crippen LogP contribution in [0.15, 0.2) is 115 Å². The van der Waals surface area contributed by atoms with Crippen LogP contribution in [0.4, 0.5) is 0 Å². The molecule has 13 heteroatoms. The highest BCUT2D eigenvalue weighted by atomic mass is 16.5. The summed E-state index contributed by atoms with van der Waals surface area (Å²) in [5.74, 6) is 4.15. The monoisotopic (exact) mass is 1040 g/mol. The molecule has 0 saturated heterocycles. The number of aryl methyl sites for hydroxylation is 2. The quantitative estimate of drug-likeness (QED) is 0.0670. The average molecular weight is 1040 g/mol. The smallest absolute Gasteiger partial charge is 0.160 e. The van der Waals surface area contributed by atoms with E-state index in [1.54, 1.807) is 85.6 Å². The van der Waals surface area contributed by atoms with Gasteiger partial charge in [0.25, 0.3) is 0 Å². The largest absolute Gasteiger partial charge is 0.497 e. The third-order valence-electron chi connectivity index (χ3n) is 11.8. The molecule has 0 aliphatic heterocycles. The predicted molar refractivity (Wildman–Crippen MR) is 299 cm³/mol. The summed E-state index contributed by atoms with van der Waals surface area (Å²) in [6.45, 7) is 15.7. The normalized spacial score (nSPS) is 12.9. The summed E-state index contributed by atoms with van der Waals surface area (Å²) < 4.78 is 20.2. The number of ketones is 9. The Kier molecular flexibility index (Phi) is 30.7. The van der Waals surface area contributed by atoms with Crippen LogP contribution in [0.3, 0.4) is 0 Å². The maximum absolute atomic E-state index is 11.2. The van der Waals surface area contributed by atoms with Crippen LogP contribution in [-0.4, -0.2) is 80.5 Å². The number of allylic oxidation sites excluding steroid dienone is 1. The Morgan fingerprint density at radius 2 is 0.803 bits per heavy atom. The molecule has 0 amide bonds. The fourth-order valence-electron chi connectivity index (χ4n) is 7.07. The molecule has 1 saturated carbocycles. The van der Waals surface area contributed by atoms with Crippen LogP contribution in [-0.2, 0) is 25.6 Å². The van der Waals surface area contributed by atoms with E-state index in [-0.39, 0.29) is 63.9 Å². The van der Waals surface area contributed by atoms with E-state index in [4.69, 9.17) is 18.9 Å². The summed E-state index contributed by atoms with van der Waals surface area (Å²) >= 11 is 0. The molecule has 5 aromatic carbocycles. The van der Waals surface area contributed by atoms with E-state index in [0.29, 0.717) is 34.2 Å². The molecule has 1 aliphatic rings. The fourth-order valence-corrected chi connectivity index (χ4v) is 7.07. The third kappa shape index (κ3) is 26.3. The van der Waals surface area contributed by atoms with Crippen LogP contribution in [0, 0.1) is 18.8 Å². The summed E-state index contributed by atoms with van der Waals surface area (Å²) in [4.78, 5) is 98.5. The lowest BCUT2D eigenvalue weighted by Gasteiger charge is -2.24. The SMILES string of the molecule is CC(=O)C1CCC(C(C)=O)CC1.CC(=O)c1cc(C(C)=O)cc(C(C)=O)c1.CC(=O)c1ccc(C(C)=O)cc1.COc1ccc(C)cc1OC.COc1ccc(C=CC(C)=O)cc1.COc1ccc(CCC(C)=O)cc1. The van der Waals surface area contributed by atoms with Crippen molar-refractivity contribution in [3.63, 3.8) is 0 Å². The van der Waals surface area contributed by atoms with Crippen LogP contribution in [0.5, 0.6) is 23.0 Å². The van der Waals surface area contributed by atoms with Crippen LogP contribution in [0.25, 0.3) is 6.08 Å². The van der Waals surface area contributed by atoms with Gasteiger partial charge >= 0.3 is 0 Å². The highest BCUT2D eigenvalue weighted by molar-refractivity contribution is 6.04. The van der Waals surface area contributed by atoms with Gasteiger partial charge in [-0.3, -0.25) is 38.4 Å². The highest BCUT2D eigenvalue weighted by Crippen LogP contribution is 2.30. The number of carbonyl (C=O) groups excluding carboxylic acids is 9. The predicted octanol–water partition coefficient (Wildman–Crippen LogP) is 12.9. The zero-order valence-electron chi connectivity index (χ0n) is 46.8. The lowest BCUT2D eigenvalue weighted by Crippen LogP contribution is -2.23. The Morgan fingerprint density at radius 3 is 1.11 bits per heavy atom. The summed E-state index contributed by atoms with van der Waals surface area (Å²) in [5.41, 5.74) is 5.81. The second kappa shape index (κ2) is 35.3. The first-order chi connectivity index (χ1) is 35.8. The first-order valence-corrected chi connectivity index (χ1v) is 24.8. The number of rotatable bonds is 16. The third-order valence-corrected chi connectivity index (χ3v) is 11.8. The van der Waals surface area contributed by atoms with Gasteiger partial charge in [-0.05, 0) is 179 Å². The zero-order valence-corrected chi connectivity index (χ0v) is 46.8. The molecular formula is C63H76O13. The molecule has 406 valence electrons. The van der Waals surface area contributed by atoms with Gasteiger partial charge in [-0.1, -0.05) is 60.7 Å².